The van der Waals surface area contributed by atoms with Crippen LogP contribution < -0.4 is 15.4 Å². The highest BCUT2D eigenvalue weighted by Crippen LogP contribution is 2.19. The van der Waals surface area contributed by atoms with E-state index >= 15 is 0 Å². The van der Waals surface area contributed by atoms with Gasteiger partial charge in [0.25, 0.3) is 0 Å². The molecular weight excluding hydrogens is 352 g/mol. The van der Waals surface area contributed by atoms with E-state index in [2.05, 4.69) is 10.6 Å². The molecular formula is C19H28N2O6. The average molecular weight is 380 g/mol. The Morgan fingerprint density at radius 3 is 2.26 bits per heavy atom. The summed E-state index contributed by atoms with van der Waals surface area (Å²) >= 11 is 0. The van der Waals surface area contributed by atoms with Crippen LogP contribution in [0.5, 0.6) is 5.75 Å². The molecule has 1 aromatic rings. The first-order valence-electron chi connectivity index (χ1n) is 8.57. The number of alkyl carbamates (subject to hydrolysis) is 1. The number of benzene rings is 1. The van der Waals surface area contributed by atoms with E-state index in [1.807, 2.05) is 0 Å². The van der Waals surface area contributed by atoms with E-state index in [4.69, 9.17) is 14.2 Å². The molecule has 0 bridgehead atoms. The van der Waals surface area contributed by atoms with E-state index in [0.29, 0.717) is 5.75 Å². The zero-order valence-electron chi connectivity index (χ0n) is 16.6. The van der Waals surface area contributed by atoms with Gasteiger partial charge >= 0.3 is 12.1 Å². The van der Waals surface area contributed by atoms with E-state index in [1.54, 1.807) is 45.0 Å². The third-order valence-corrected chi connectivity index (χ3v) is 3.55. The summed E-state index contributed by atoms with van der Waals surface area (Å²) in [6, 6.07) is 5.34. The largest absolute Gasteiger partial charge is 0.496 e. The third-order valence-electron chi connectivity index (χ3n) is 3.55. The van der Waals surface area contributed by atoms with Gasteiger partial charge in [-0.2, -0.15) is 0 Å². The number of carbonyl (C=O) groups is 3. The first kappa shape index (κ1) is 22.3. The van der Waals surface area contributed by atoms with Crippen molar-refractivity contribution in [1.82, 2.24) is 10.6 Å². The van der Waals surface area contributed by atoms with Gasteiger partial charge in [0.1, 0.15) is 23.4 Å². The van der Waals surface area contributed by atoms with Gasteiger partial charge in [0.2, 0.25) is 5.91 Å². The molecule has 2 atom stereocenters. The van der Waals surface area contributed by atoms with Crippen LogP contribution >= 0.6 is 0 Å². The molecule has 0 unspecified atom stereocenters. The zero-order chi connectivity index (χ0) is 20.6. The molecule has 1 aromatic carbocycles. The molecule has 1 rings (SSSR count). The maximum absolute atomic E-state index is 12.4. The molecule has 0 saturated heterocycles. The smallest absolute Gasteiger partial charge is 0.408 e. The lowest BCUT2D eigenvalue weighted by Crippen LogP contribution is -2.52. The van der Waals surface area contributed by atoms with Crippen molar-refractivity contribution in [2.45, 2.75) is 51.8 Å². The number of esters is 1. The van der Waals surface area contributed by atoms with E-state index < -0.39 is 35.7 Å². The highest BCUT2D eigenvalue weighted by atomic mass is 16.6. The lowest BCUT2D eigenvalue weighted by molar-refractivity contribution is -0.145. The number of methoxy groups -OCH3 is 2. The van der Waals surface area contributed by atoms with Crippen molar-refractivity contribution in [1.29, 1.82) is 0 Å². The quantitative estimate of drug-likeness (QED) is 0.700. The normalized spacial score (nSPS) is 13.1. The fourth-order valence-electron chi connectivity index (χ4n) is 2.27. The Morgan fingerprint density at radius 1 is 1.07 bits per heavy atom. The maximum Gasteiger partial charge on any atom is 0.408 e. The van der Waals surface area contributed by atoms with E-state index in [-0.39, 0.29) is 6.42 Å². The molecule has 8 heteroatoms. The van der Waals surface area contributed by atoms with Crippen molar-refractivity contribution in [3.05, 3.63) is 29.8 Å². The molecule has 0 aliphatic rings. The second-order valence-corrected chi connectivity index (χ2v) is 6.97. The Bertz CT molecular complexity index is 668. The Hall–Kier alpha value is -2.77. The summed E-state index contributed by atoms with van der Waals surface area (Å²) in [7, 11) is 2.77. The predicted octanol–water partition coefficient (Wildman–Crippen LogP) is 1.81. The number of ether oxygens (including phenoxy) is 3. The van der Waals surface area contributed by atoms with Crippen molar-refractivity contribution < 1.29 is 28.6 Å². The van der Waals surface area contributed by atoms with Crippen LogP contribution in [-0.2, 0) is 25.5 Å². The molecule has 150 valence electrons. The minimum Gasteiger partial charge on any atom is -0.496 e. The SMILES string of the molecule is COC(=O)[C@H](Cc1ccccc1OC)NC(=O)[C@H](C)NC(=O)OC(C)(C)C. The summed E-state index contributed by atoms with van der Waals surface area (Å²) in [4.78, 5) is 36.3. The fourth-order valence-corrected chi connectivity index (χ4v) is 2.27. The van der Waals surface area contributed by atoms with Gasteiger partial charge in [-0.15, -0.1) is 0 Å². The van der Waals surface area contributed by atoms with E-state index in [0.717, 1.165) is 5.56 Å². The van der Waals surface area contributed by atoms with Crippen molar-refractivity contribution in [2.24, 2.45) is 0 Å². The van der Waals surface area contributed by atoms with Crippen molar-refractivity contribution >= 4 is 18.0 Å². The summed E-state index contributed by atoms with van der Waals surface area (Å²) in [5.74, 6) is -0.537. The summed E-state index contributed by atoms with van der Waals surface area (Å²) in [5.41, 5.74) is 0.0575. The molecule has 0 aromatic heterocycles. The van der Waals surface area contributed by atoms with Crippen molar-refractivity contribution in [3.63, 3.8) is 0 Å². The predicted molar refractivity (Wildman–Crippen MR) is 99.5 cm³/mol. The van der Waals surface area contributed by atoms with Crippen LogP contribution in [0.2, 0.25) is 0 Å². The van der Waals surface area contributed by atoms with Gasteiger partial charge in [0.15, 0.2) is 0 Å². The molecule has 0 spiro atoms. The number of carbonyl (C=O) groups excluding carboxylic acids is 3. The lowest BCUT2D eigenvalue weighted by atomic mass is 10.0. The van der Waals surface area contributed by atoms with Crippen LogP contribution in [0, 0.1) is 0 Å². The number of hydrogen-bond donors (Lipinski definition) is 2. The van der Waals surface area contributed by atoms with Gasteiger partial charge < -0.3 is 24.8 Å². The highest BCUT2D eigenvalue weighted by molar-refractivity contribution is 5.89. The molecule has 27 heavy (non-hydrogen) atoms. The fraction of sp³-hybridized carbons (Fsp3) is 0.526. The van der Waals surface area contributed by atoms with Crippen LogP contribution in [0.4, 0.5) is 4.79 Å². The average Bonchev–Trinajstić information content (AvgIpc) is 2.58. The molecule has 0 heterocycles. The first-order chi connectivity index (χ1) is 12.6. The van der Waals surface area contributed by atoms with Crippen LogP contribution in [0.15, 0.2) is 24.3 Å². The van der Waals surface area contributed by atoms with Gasteiger partial charge in [0.05, 0.1) is 14.2 Å². The standard InChI is InChI=1S/C19H28N2O6/c1-12(20-18(24)27-19(2,3)4)16(22)21-14(17(23)26-6)11-13-9-7-8-10-15(13)25-5/h7-10,12,14H,11H2,1-6H3,(H,20,24)(H,21,22)/t12-,14-/m0/s1. The summed E-state index contributed by atoms with van der Waals surface area (Å²) in [5, 5.41) is 5.03. The van der Waals surface area contributed by atoms with Gasteiger partial charge in [0, 0.05) is 6.42 Å². The number of para-hydroxylation sites is 1. The van der Waals surface area contributed by atoms with E-state index in [1.165, 1.54) is 21.1 Å². The number of rotatable bonds is 7. The van der Waals surface area contributed by atoms with Gasteiger partial charge in [-0.25, -0.2) is 9.59 Å². The van der Waals surface area contributed by atoms with Crippen LogP contribution in [0.3, 0.4) is 0 Å². The van der Waals surface area contributed by atoms with Gasteiger partial charge in [-0.05, 0) is 39.3 Å². The summed E-state index contributed by atoms with van der Waals surface area (Å²) in [6.45, 7) is 6.66. The molecule has 2 amide bonds. The van der Waals surface area contributed by atoms with Crippen LogP contribution in [-0.4, -0.2) is 49.9 Å². The lowest BCUT2D eigenvalue weighted by Gasteiger charge is -2.23. The molecule has 8 nitrogen and oxygen atoms in total. The van der Waals surface area contributed by atoms with Gasteiger partial charge in [-0.1, -0.05) is 18.2 Å². The summed E-state index contributed by atoms with van der Waals surface area (Å²) in [6.07, 6.45) is -0.536. The van der Waals surface area contributed by atoms with Crippen molar-refractivity contribution in [2.75, 3.05) is 14.2 Å². The van der Waals surface area contributed by atoms with Gasteiger partial charge in [-0.3, -0.25) is 4.79 Å². The minimum atomic E-state index is -0.929. The Balaban J connectivity index is 2.80. The third kappa shape index (κ3) is 7.55. The summed E-state index contributed by atoms with van der Waals surface area (Å²) < 4.78 is 15.2. The maximum atomic E-state index is 12.4. The zero-order valence-corrected chi connectivity index (χ0v) is 16.6. The topological polar surface area (TPSA) is 103 Å². The molecule has 0 aliphatic carbocycles. The number of hydrogen-bond acceptors (Lipinski definition) is 6. The monoisotopic (exact) mass is 380 g/mol. The molecule has 2 N–H and O–H groups in total. The van der Waals surface area contributed by atoms with Crippen LogP contribution in [0.1, 0.15) is 33.3 Å². The second kappa shape index (κ2) is 9.80. The Labute approximate surface area is 159 Å². The number of nitrogens with one attached hydrogen (secondary N) is 2. The first-order valence-corrected chi connectivity index (χ1v) is 8.57. The molecule has 0 aliphatic heterocycles. The van der Waals surface area contributed by atoms with Crippen LogP contribution in [0.25, 0.3) is 0 Å². The molecule has 0 saturated carbocycles. The Kier molecular flexibility index (Phi) is 8.08. The minimum absolute atomic E-state index is 0.182. The molecule has 0 radical (unpaired) electrons. The second-order valence-electron chi connectivity index (χ2n) is 6.97. The number of amides is 2. The van der Waals surface area contributed by atoms with E-state index in [9.17, 15) is 14.4 Å². The highest BCUT2D eigenvalue weighted by Gasteiger charge is 2.27. The Morgan fingerprint density at radius 2 is 1.70 bits per heavy atom. The molecule has 0 fully saturated rings. The van der Waals surface area contributed by atoms with Crippen molar-refractivity contribution in [3.8, 4) is 5.75 Å².